The first kappa shape index (κ1) is 15.8. The smallest absolute Gasteiger partial charge is 0.232 e. The number of amides is 2. The average molecular weight is 315 g/mol. The first-order valence-corrected chi connectivity index (χ1v) is 8.59. The van der Waals surface area contributed by atoms with Crippen molar-refractivity contribution in [3.05, 3.63) is 30.3 Å². The van der Waals surface area contributed by atoms with Gasteiger partial charge in [0.25, 0.3) is 0 Å². The van der Waals surface area contributed by atoms with Gasteiger partial charge in [0.05, 0.1) is 0 Å². The molecule has 1 aliphatic carbocycles. The molecular formula is C18H25N3O2. The van der Waals surface area contributed by atoms with Crippen molar-refractivity contribution in [2.45, 2.75) is 38.1 Å². The number of anilines is 1. The van der Waals surface area contributed by atoms with Crippen molar-refractivity contribution in [2.75, 3.05) is 31.1 Å². The Bertz CT molecular complexity index is 532. The number of nitrogens with one attached hydrogen (secondary N) is 1. The van der Waals surface area contributed by atoms with Gasteiger partial charge in [-0.15, -0.1) is 0 Å². The molecule has 0 spiro atoms. The van der Waals surface area contributed by atoms with Crippen LogP contribution in [0, 0.1) is 0 Å². The molecule has 3 rings (SSSR count). The third-order valence-electron chi connectivity index (χ3n) is 4.79. The molecular weight excluding hydrogens is 290 g/mol. The predicted octanol–water partition coefficient (Wildman–Crippen LogP) is 1.78. The van der Waals surface area contributed by atoms with E-state index in [9.17, 15) is 9.59 Å². The van der Waals surface area contributed by atoms with E-state index in [1.807, 2.05) is 23.1 Å². The van der Waals surface area contributed by atoms with Crippen molar-refractivity contribution in [1.29, 1.82) is 0 Å². The van der Waals surface area contributed by atoms with Gasteiger partial charge in [0, 0.05) is 37.9 Å². The molecule has 1 heterocycles. The van der Waals surface area contributed by atoms with Gasteiger partial charge in [0.15, 0.2) is 0 Å². The monoisotopic (exact) mass is 315 g/mol. The number of benzene rings is 1. The molecule has 0 unspecified atom stereocenters. The highest BCUT2D eigenvalue weighted by Crippen LogP contribution is 2.18. The molecule has 1 aliphatic heterocycles. The van der Waals surface area contributed by atoms with E-state index in [1.165, 1.54) is 18.5 Å². The Kier molecular flexibility index (Phi) is 5.16. The second kappa shape index (κ2) is 7.49. The van der Waals surface area contributed by atoms with Crippen LogP contribution in [0.3, 0.4) is 0 Å². The lowest BCUT2D eigenvalue weighted by atomic mass is 10.2. The first-order valence-electron chi connectivity index (χ1n) is 8.59. The molecule has 1 aromatic carbocycles. The summed E-state index contributed by atoms with van der Waals surface area (Å²) in [7, 11) is 0. The summed E-state index contributed by atoms with van der Waals surface area (Å²) in [6, 6.07) is 10.5. The van der Waals surface area contributed by atoms with Crippen LogP contribution in [0.25, 0.3) is 0 Å². The normalized spacial score (nSPS) is 19.0. The number of rotatable bonds is 4. The van der Waals surface area contributed by atoms with E-state index in [-0.39, 0.29) is 24.3 Å². The molecule has 2 aliphatic rings. The van der Waals surface area contributed by atoms with E-state index in [0.717, 1.165) is 25.9 Å². The van der Waals surface area contributed by atoms with E-state index >= 15 is 0 Å². The first-order chi connectivity index (χ1) is 11.2. The van der Waals surface area contributed by atoms with Gasteiger partial charge in [-0.25, -0.2) is 0 Å². The van der Waals surface area contributed by atoms with Crippen LogP contribution in [0.15, 0.2) is 30.3 Å². The van der Waals surface area contributed by atoms with Gasteiger partial charge in [0.1, 0.15) is 6.42 Å². The number of nitrogens with zero attached hydrogens (tertiary/aromatic N) is 2. The Morgan fingerprint density at radius 2 is 1.65 bits per heavy atom. The highest BCUT2D eigenvalue weighted by Gasteiger charge is 2.24. The zero-order valence-corrected chi connectivity index (χ0v) is 13.5. The molecule has 1 N–H and O–H groups in total. The molecule has 1 saturated heterocycles. The van der Waals surface area contributed by atoms with E-state index in [2.05, 4.69) is 22.3 Å². The second-order valence-corrected chi connectivity index (χ2v) is 6.43. The van der Waals surface area contributed by atoms with Crippen LogP contribution in [-0.4, -0.2) is 48.9 Å². The second-order valence-electron chi connectivity index (χ2n) is 6.43. The number of carbonyl (C=O) groups is 2. The van der Waals surface area contributed by atoms with Gasteiger partial charge in [-0.05, 0) is 25.0 Å². The number of piperazine rings is 1. The van der Waals surface area contributed by atoms with Crippen LogP contribution in [0.5, 0.6) is 0 Å². The van der Waals surface area contributed by atoms with Crippen LogP contribution in [-0.2, 0) is 9.59 Å². The van der Waals surface area contributed by atoms with Gasteiger partial charge in [-0.2, -0.15) is 0 Å². The van der Waals surface area contributed by atoms with E-state index in [1.54, 1.807) is 0 Å². The van der Waals surface area contributed by atoms with Crippen molar-refractivity contribution in [3.8, 4) is 0 Å². The highest BCUT2D eigenvalue weighted by atomic mass is 16.2. The van der Waals surface area contributed by atoms with Crippen LogP contribution >= 0.6 is 0 Å². The Hall–Kier alpha value is -2.04. The zero-order valence-electron chi connectivity index (χ0n) is 13.5. The van der Waals surface area contributed by atoms with Crippen molar-refractivity contribution in [3.63, 3.8) is 0 Å². The van der Waals surface area contributed by atoms with E-state index < -0.39 is 0 Å². The van der Waals surface area contributed by atoms with Crippen LogP contribution < -0.4 is 10.2 Å². The maximum absolute atomic E-state index is 12.3. The van der Waals surface area contributed by atoms with Gasteiger partial charge >= 0.3 is 0 Å². The molecule has 0 radical (unpaired) electrons. The molecule has 5 nitrogen and oxygen atoms in total. The fourth-order valence-electron chi connectivity index (χ4n) is 3.45. The summed E-state index contributed by atoms with van der Waals surface area (Å²) in [5.74, 6) is -0.166. The lowest BCUT2D eigenvalue weighted by Gasteiger charge is -2.36. The largest absolute Gasteiger partial charge is 0.368 e. The molecule has 0 aromatic heterocycles. The third kappa shape index (κ3) is 4.24. The number of carbonyl (C=O) groups excluding carboxylic acids is 2. The number of hydrogen-bond acceptors (Lipinski definition) is 3. The summed E-state index contributed by atoms with van der Waals surface area (Å²) in [6.45, 7) is 3.01. The van der Waals surface area contributed by atoms with Crippen LogP contribution in [0.4, 0.5) is 5.69 Å². The SMILES string of the molecule is O=C(CC(=O)N1CCN(c2ccccc2)CC1)NC1CCCC1. The standard InChI is InChI=1S/C18H25N3O2/c22-17(19-15-6-4-5-7-15)14-18(23)21-12-10-20(11-13-21)16-8-2-1-3-9-16/h1-3,8-9,15H,4-7,10-14H2,(H,19,22). The summed E-state index contributed by atoms with van der Waals surface area (Å²) in [5.41, 5.74) is 1.19. The highest BCUT2D eigenvalue weighted by molar-refractivity contribution is 5.97. The maximum Gasteiger partial charge on any atom is 0.232 e. The molecule has 2 fully saturated rings. The molecule has 124 valence electrons. The maximum atomic E-state index is 12.3. The van der Waals surface area contributed by atoms with Crippen molar-refractivity contribution in [2.24, 2.45) is 0 Å². The quantitative estimate of drug-likeness (QED) is 0.862. The summed E-state index contributed by atoms with van der Waals surface area (Å²) in [4.78, 5) is 28.3. The van der Waals surface area contributed by atoms with Crippen molar-refractivity contribution < 1.29 is 9.59 Å². The summed E-state index contributed by atoms with van der Waals surface area (Å²) in [5, 5.41) is 2.99. The van der Waals surface area contributed by atoms with Crippen molar-refractivity contribution >= 4 is 17.5 Å². The van der Waals surface area contributed by atoms with Crippen LogP contribution in [0.2, 0.25) is 0 Å². The summed E-state index contributed by atoms with van der Waals surface area (Å²) < 4.78 is 0. The van der Waals surface area contributed by atoms with Gasteiger partial charge < -0.3 is 15.1 Å². The van der Waals surface area contributed by atoms with E-state index in [4.69, 9.17) is 0 Å². The zero-order chi connectivity index (χ0) is 16.1. The fraction of sp³-hybridized carbons (Fsp3) is 0.556. The number of hydrogen-bond donors (Lipinski definition) is 1. The van der Waals surface area contributed by atoms with Gasteiger partial charge in [0.2, 0.25) is 11.8 Å². The topological polar surface area (TPSA) is 52.7 Å². The van der Waals surface area contributed by atoms with Gasteiger partial charge in [-0.3, -0.25) is 9.59 Å². The lowest BCUT2D eigenvalue weighted by Crippen LogP contribution is -2.49. The minimum atomic E-state index is -0.118. The molecule has 2 amide bonds. The molecule has 0 atom stereocenters. The Balaban J connectivity index is 1.43. The summed E-state index contributed by atoms with van der Waals surface area (Å²) >= 11 is 0. The molecule has 5 heteroatoms. The minimum absolute atomic E-state index is 0.0121. The fourth-order valence-corrected chi connectivity index (χ4v) is 3.45. The predicted molar refractivity (Wildman–Crippen MR) is 90.3 cm³/mol. The summed E-state index contributed by atoms with van der Waals surface area (Å²) in [6.07, 6.45) is 4.45. The Morgan fingerprint density at radius 3 is 2.30 bits per heavy atom. The minimum Gasteiger partial charge on any atom is -0.368 e. The number of para-hydroxylation sites is 1. The molecule has 1 aromatic rings. The molecule has 23 heavy (non-hydrogen) atoms. The van der Waals surface area contributed by atoms with Gasteiger partial charge in [-0.1, -0.05) is 31.0 Å². The molecule has 1 saturated carbocycles. The Morgan fingerprint density at radius 1 is 1.00 bits per heavy atom. The van der Waals surface area contributed by atoms with Crippen molar-refractivity contribution in [1.82, 2.24) is 10.2 Å². The molecule has 0 bridgehead atoms. The lowest BCUT2D eigenvalue weighted by molar-refractivity contribution is -0.136. The Labute approximate surface area is 137 Å². The van der Waals surface area contributed by atoms with Crippen LogP contribution in [0.1, 0.15) is 32.1 Å². The average Bonchev–Trinajstić information content (AvgIpc) is 3.08. The van der Waals surface area contributed by atoms with E-state index in [0.29, 0.717) is 13.1 Å². The third-order valence-corrected chi connectivity index (χ3v) is 4.79.